The first kappa shape index (κ1) is 23.3. The number of aromatic amines is 1. The summed E-state index contributed by atoms with van der Waals surface area (Å²) in [6.45, 7) is 8.44. The molecule has 0 atom stereocenters. The molecular formula is C23H29F2N9O. The molecule has 0 unspecified atom stereocenters. The van der Waals surface area contributed by atoms with Gasteiger partial charge in [-0.1, -0.05) is 0 Å². The molecule has 1 saturated carbocycles. The van der Waals surface area contributed by atoms with Gasteiger partial charge in [0.2, 0.25) is 5.95 Å². The average molecular weight is 486 g/mol. The number of halogens is 2. The summed E-state index contributed by atoms with van der Waals surface area (Å²) in [5.41, 5.74) is 0.359. The highest BCUT2D eigenvalue weighted by atomic mass is 19.1. The molecule has 1 aliphatic carbocycles. The summed E-state index contributed by atoms with van der Waals surface area (Å²) < 4.78 is 30.7. The highest BCUT2D eigenvalue weighted by Gasteiger charge is 2.38. The van der Waals surface area contributed by atoms with E-state index in [1.165, 1.54) is 12.1 Å². The molecule has 35 heavy (non-hydrogen) atoms. The fourth-order valence-corrected chi connectivity index (χ4v) is 5.20. The summed E-state index contributed by atoms with van der Waals surface area (Å²) in [7, 11) is 0. The molecular weight excluding hydrogens is 456 g/mol. The minimum atomic E-state index is -0.593. The Labute approximate surface area is 200 Å². The lowest BCUT2D eigenvalue weighted by Gasteiger charge is -2.46. The second-order valence-electron chi connectivity index (χ2n) is 10.7. The maximum atomic E-state index is 15.0. The molecule has 5 rings (SSSR count). The summed E-state index contributed by atoms with van der Waals surface area (Å²) in [6.07, 6.45) is 4.42. The van der Waals surface area contributed by atoms with Crippen LogP contribution >= 0.6 is 0 Å². The van der Waals surface area contributed by atoms with Gasteiger partial charge in [-0.25, -0.2) is 23.7 Å². The van der Waals surface area contributed by atoms with Crippen LogP contribution in [0.25, 0.3) is 5.69 Å². The summed E-state index contributed by atoms with van der Waals surface area (Å²) in [5, 5.41) is 19.2. The Kier molecular flexibility index (Phi) is 5.58. The lowest BCUT2D eigenvalue weighted by atomic mass is 9.79. The van der Waals surface area contributed by atoms with E-state index in [0.29, 0.717) is 11.3 Å². The Hall–Kier alpha value is -3.41. The lowest BCUT2D eigenvalue weighted by Crippen LogP contribution is -2.60. The van der Waals surface area contributed by atoms with Gasteiger partial charge in [0.1, 0.15) is 5.82 Å². The Balaban J connectivity index is 1.43. The number of tetrazole rings is 1. The minimum absolute atomic E-state index is 0.0151. The van der Waals surface area contributed by atoms with Crippen LogP contribution in [0.2, 0.25) is 0 Å². The maximum absolute atomic E-state index is 15.0. The molecule has 186 valence electrons. The number of hydrogen-bond donors (Lipinski definition) is 4. The number of hydrogen-bond acceptors (Lipinski definition) is 8. The van der Waals surface area contributed by atoms with Gasteiger partial charge in [0, 0.05) is 17.1 Å². The zero-order valence-corrected chi connectivity index (χ0v) is 20.1. The van der Waals surface area contributed by atoms with Crippen LogP contribution in [0.1, 0.15) is 64.9 Å². The summed E-state index contributed by atoms with van der Waals surface area (Å²) >= 11 is 0. The Morgan fingerprint density at radius 1 is 1.09 bits per heavy atom. The van der Waals surface area contributed by atoms with Crippen LogP contribution in [-0.2, 0) is 0 Å². The Morgan fingerprint density at radius 2 is 1.80 bits per heavy atom. The van der Waals surface area contributed by atoms with E-state index in [4.69, 9.17) is 0 Å². The van der Waals surface area contributed by atoms with Crippen molar-refractivity contribution in [2.75, 3.05) is 10.6 Å². The third kappa shape index (κ3) is 5.02. The SMILES string of the molecule is CC1(C)CC(Nc2nc(Nc3cc(-n4nn[nH]c4=O)c(C4CC4)cc3F)ncc2F)CC(C)(C)N1. The van der Waals surface area contributed by atoms with Crippen molar-refractivity contribution in [3.05, 3.63) is 46.0 Å². The topological polar surface area (TPSA) is 125 Å². The minimum Gasteiger partial charge on any atom is -0.365 e. The van der Waals surface area contributed by atoms with E-state index in [1.54, 1.807) is 0 Å². The number of aromatic nitrogens is 6. The number of benzene rings is 1. The molecule has 3 aromatic rings. The number of anilines is 3. The van der Waals surface area contributed by atoms with Crippen LogP contribution in [0.3, 0.4) is 0 Å². The van der Waals surface area contributed by atoms with E-state index in [0.717, 1.165) is 36.6 Å². The zero-order chi connectivity index (χ0) is 25.0. The molecule has 3 heterocycles. The molecule has 0 bridgehead atoms. The third-order valence-corrected chi connectivity index (χ3v) is 6.36. The average Bonchev–Trinajstić information content (AvgIpc) is 3.50. The molecule has 1 aromatic carbocycles. The number of rotatable bonds is 6. The van der Waals surface area contributed by atoms with E-state index < -0.39 is 17.3 Å². The molecule has 12 heteroatoms. The van der Waals surface area contributed by atoms with Gasteiger partial charge in [0.25, 0.3) is 0 Å². The Bertz CT molecular complexity index is 1300. The molecule has 2 aliphatic rings. The number of nitrogens with zero attached hydrogens (tertiary/aromatic N) is 5. The standard InChI is InChI=1S/C23H29F2N9O/c1-22(2)9-13(10-23(3,4)31-22)27-19-16(25)11-26-20(29-19)28-17-8-18(34-21(35)30-32-33-34)14(7-15(17)24)12-5-6-12/h7-8,11-13,31H,5-6,9-10H2,1-4H3,(H,30,33,35)(H2,26,27,28,29). The second-order valence-corrected chi connectivity index (χ2v) is 10.7. The van der Waals surface area contributed by atoms with Gasteiger partial charge in [-0.15, -0.1) is 0 Å². The van der Waals surface area contributed by atoms with Crippen molar-refractivity contribution in [1.29, 1.82) is 0 Å². The van der Waals surface area contributed by atoms with E-state index in [1.807, 2.05) is 0 Å². The van der Waals surface area contributed by atoms with Gasteiger partial charge in [0.15, 0.2) is 11.6 Å². The molecule has 4 N–H and O–H groups in total. The number of piperidine rings is 1. The molecule has 1 aliphatic heterocycles. The van der Waals surface area contributed by atoms with E-state index in [-0.39, 0.29) is 40.5 Å². The molecule has 2 aromatic heterocycles. The van der Waals surface area contributed by atoms with Crippen molar-refractivity contribution in [3.63, 3.8) is 0 Å². The van der Waals surface area contributed by atoms with Gasteiger partial charge in [0.05, 0.1) is 17.6 Å². The van der Waals surface area contributed by atoms with E-state index >= 15 is 4.39 Å². The molecule has 0 radical (unpaired) electrons. The Morgan fingerprint density at radius 3 is 2.43 bits per heavy atom. The van der Waals surface area contributed by atoms with Crippen molar-refractivity contribution >= 4 is 17.5 Å². The van der Waals surface area contributed by atoms with Gasteiger partial charge in [-0.3, -0.25) is 0 Å². The van der Waals surface area contributed by atoms with Crippen LogP contribution in [0, 0.1) is 11.6 Å². The predicted molar refractivity (Wildman–Crippen MR) is 127 cm³/mol. The molecule has 0 spiro atoms. The maximum Gasteiger partial charge on any atom is 0.365 e. The summed E-state index contributed by atoms with van der Waals surface area (Å²) in [6, 6.07) is 2.85. The van der Waals surface area contributed by atoms with Crippen LogP contribution in [0.15, 0.2) is 23.1 Å². The zero-order valence-electron chi connectivity index (χ0n) is 20.1. The highest BCUT2D eigenvalue weighted by Crippen LogP contribution is 2.44. The predicted octanol–water partition coefficient (Wildman–Crippen LogP) is 3.37. The largest absolute Gasteiger partial charge is 0.365 e. The smallest absolute Gasteiger partial charge is 0.365 e. The van der Waals surface area contributed by atoms with Crippen molar-refractivity contribution in [1.82, 2.24) is 35.5 Å². The fourth-order valence-electron chi connectivity index (χ4n) is 5.20. The van der Waals surface area contributed by atoms with Gasteiger partial charge < -0.3 is 16.0 Å². The van der Waals surface area contributed by atoms with Crippen LogP contribution in [0.5, 0.6) is 0 Å². The summed E-state index contributed by atoms with van der Waals surface area (Å²) in [5.74, 6) is -0.893. The van der Waals surface area contributed by atoms with Crippen LogP contribution in [-0.4, -0.2) is 47.3 Å². The molecule has 2 fully saturated rings. The number of nitrogens with one attached hydrogen (secondary N) is 4. The van der Waals surface area contributed by atoms with E-state index in [2.05, 4.69) is 69.1 Å². The fraction of sp³-hybridized carbons (Fsp3) is 0.522. The molecule has 1 saturated heterocycles. The quantitative estimate of drug-likeness (QED) is 0.419. The van der Waals surface area contributed by atoms with Crippen molar-refractivity contribution in [2.45, 2.75) is 76.4 Å². The first-order chi connectivity index (χ1) is 16.5. The van der Waals surface area contributed by atoms with Crippen molar-refractivity contribution < 1.29 is 8.78 Å². The highest BCUT2D eigenvalue weighted by molar-refractivity contribution is 5.62. The second kappa shape index (κ2) is 8.36. The normalized spacial score (nSPS) is 19.5. The number of H-pyrrole nitrogens is 1. The van der Waals surface area contributed by atoms with Crippen molar-refractivity contribution in [3.8, 4) is 5.69 Å². The van der Waals surface area contributed by atoms with Gasteiger partial charge in [-0.2, -0.15) is 9.67 Å². The third-order valence-electron chi connectivity index (χ3n) is 6.36. The van der Waals surface area contributed by atoms with Crippen LogP contribution < -0.4 is 21.6 Å². The first-order valence-corrected chi connectivity index (χ1v) is 11.7. The van der Waals surface area contributed by atoms with Crippen molar-refractivity contribution in [2.24, 2.45) is 0 Å². The van der Waals surface area contributed by atoms with Gasteiger partial charge >= 0.3 is 5.69 Å². The molecule has 10 nitrogen and oxygen atoms in total. The first-order valence-electron chi connectivity index (χ1n) is 11.7. The van der Waals surface area contributed by atoms with Gasteiger partial charge in [-0.05, 0) is 87.4 Å². The monoisotopic (exact) mass is 485 g/mol. The van der Waals surface area contributed by atoms with Crippen LogP contribution in [0.4, 0.5) is 26.2 Å². The summed E-state index contributed by atoms with van der Waals surface area (Å²) in [4.78, 5) is 20.4. The molecule has 0 amide bonds. The lowest BCUT2D eigenvalue weighted by molar-refractivity contribution is 0.170. The van der Waals surface area contributed by atoms with E-state index in [9.17, 15) is 9.18 Å².